The molecule has 1 aromatic carbocycles. The molecule has 1 aliphatic rings. The fourth-order valence-corrected chi connectivity index (χ4v) is 2.97. The van der Waals surface area contributed by atoms with Crippen LogP contribution >= 0.6 is 0 Å². The first-order valence-corrected chi connectivity index (χ1v) is 7.51. The van der Waals surface area contributed by atoms with Gasteiger partial charge < -0.3 is 10.3 Å². The molecule has 2 atom stereocenters. The maximum absolute atomic E-state index is 13.4. The van der Waals surface area contributed by atoms with Gasteiger partial charge in [-0.15, -0.1) is 0 Å². The van der Waals surface area contributed by atoms with E-state index in [1.807, 2.05) is 6.92 Å². The molecule has 0 radical (unpaired) electrons. The Balaban J connectivity index is 1.90. The number of nitrogens with zero attached hydrogens (tertiary/aromatic N) is 2. The molecule has 2 aromatic rings. The first kappa shape index (κ1) is 14.2. The molecule has 5 heteroatoms. The second kappa shape index (κ2) is 5.93. The SMILES string of the molecule is Cc1ccc(F)cc1-c1noc(C2CCCCCC2N)n1. The predicted octanol–water partition coefficient (Wildman–Crippen LogP) is 3.56. The number of aryl methyl sites for hydroxylation is 1. The third-order valence-electron chi connectivity index (χ3n) is 4.27. The van der Waals surface area contributed by atoms with Gasteiger partial charge in [0.1, 0.15) is 5.82 Å². The van der Waals surface area contributed by atoms with Gasteiger partial charge >= 0.3 is 0 Å². The van der Waals surface area contributed by atoms with Crippen LogP contribution in [-0.2, 0) is 0 Å². The summed E-state index contributed by atoms with van der Waals surface area (Å²) in [5.74, 6) is 0.845. The van der Waals surface area contributed by atoms with Gasteiger partial charge in [0.2, 0.25) is 11.7 Å². The van der Waals surface area contributed by atoms with Gasteiger partial charge in [-0.25, -0.2) is 4.39 Å². The number of aromatic nitrogens is 2. The van der Waals surface area contributed by atoms with Crippen LogP contribution in [0.15, 0.2) is 22.7 Å². The zero-order chi connectivity index (χ0) is 14.8. The first-order valence-electron chi connectivity index (χ1n) is 7.51. The molecule has 1 aromatic heterocycles. The van der Waals surface area contributed by atoms with E-state index in [1.54, 1.807) is 6.07 Å². The second-order valence-corrected chi connectivity index (χ2v) is 5.82. The largest absolute Gasteiger partial charge is 0.339 e. The second-order valence-electron chi connectivity index (χ2n) is 5.82. The minimum absolute atomic E-state index is 0.0643. The monoisotopic (exact) mass is 289 g/mol. The maximum Gasteiger partial charge on any atom is 0.231 e. The third kappa shape index (κ3) is 2.97. The van der Waals surface area contributed by atoms with E-state index in [0.717, 1.165) is 31.2 Å². The van der Waals surface area contributed by atoms with Gasteiger partial charge in [0.25, 0.3) is 0 Å². The molecule has 1 heterocycles. The van der Waals surface area contributed by atoms with Crippen molar-refractivity contribution in [2.75, 3.05) is 0 Å². The molecule has 112 valence electrons. The topological polar surface area (TPSA) is 64.9 Å². The minimum atomic E-state index is -0.298. The Morgan fingerprint density at radius 2 is 2.05 bits per heavy atom. The van der Waals surface area contributed by atoms with Crippen LogP contribution in [0.2, 0.25) is 0 Å². The van der Waals surface area contributed by atoms with Crippen LogP contribution < -0.4 is 5.73 Å². The van der Waals surface area contributed by atoms with E-state index < -0.39 is 0 Å². The number of nitrogens with two attached hydrogens (primary N) is 1. The van der Waals surface area contributed by atoms with Crippen LogP contribution in [0.25, 0.3) is 11.4 Å². The Kier molecular flexibility index (Phi) is 4.01. The summed E-state index contributed by atoms with van der Waals surface area (Å²) in [5.41, 5.74) is 7.82. The lowest BCUT2D eigenvalue weighted by Gasteiger charge is -2.16. The number of halogens is 1. The summed E-state index contributed by atoms with van der Waals surface area (Å²) in [4.78, 5) is 4.47. The van der Waals surface area contributed by atoms with E-state index >= 15 is 0 Å². The molecular weight excluding hydrogens is 269 g/mol. The highest BCUT2D eigenvalue weighted by Gasteiger charge is 2.27. The highest BCUT2D eigenvalue weighted by atomic mass is 19.1. The molecule has 3 rings (SSSR count). The van der Waals surface area contributed by atoms with E-state index in [-0.39, 0.29) is 17.8 Å². The molecular formula is C16H20FN3O. The van der Waals surface area contributed by atoms with E-state index in [2.05, 4.69) is 10.1 Å². The van der Waals surface area contributed by atoms with Crippen LogP contribution in [-0.4, -0.2) is 16.2 Å². The fraction of sp³-hybridized carbons (Fsp3) is 0.500. The first-order chi connectivity index (χ1) is 10.1. The minimum Gasteiger partial charge on any atom is -0.339 e. The smallest absolute Gasteiger partial charge is 0.231 e. The summed E-state index contributed by atoms with van der Waals surface area (Å²) in [6.07, 6.45) is 5.46. The lowest BCUT2D eigenvalue weighted by Crippen LogP contribution is -2.27. The maximum atomic E-state index is 13.4. The third-order valence-corrected chi connectivity index (χ3v) is 4.27. The Morgan fingerprint density at radius 3 is 2.90 bits per heavy atom. The number of rotatable bonds is 2. The molecule has 4 nitrogen and oxygen atoms in total. The van der Waals surface area contributed by atoms with Gasteiger partial charge in [-0.05, 0) is 37.5 Å². The van der Waals surface area contributed by atoms with E-state index in [9.17, 15) is 4.39 Å². The van der Waals surface area contributed by atoms with Gasteiger partial charge in [0, 0.05) is 11.6 Å². The van der Waals surface area contributed by atoms with Crippen LogP contribution in [0.5, 0.6) is 0 Å². The summed E-state index contributed by atoms with van der Waals surface area (Å²) >= 11 is 0. The van der Waals surface area contributed by atoms with Crippen molar-refractivity contribution in [3.8, 4) is 11.4 Å². The normalized spacial score (nSPS) is 23.0. The zero-order valence-corrected chi connectivity index (χ0v) is 12.2. The molecule has 1 fully saturated rings. The molecule has 0 aliphatic heterocycles. The Morgan fingerprint density at radius 1 is 1.24 bits per heavy atom. The molecule has 0 amide bonds. The number of hydrogen-bond acceptors (Lipinski definition) is 4. The average Bonchev–Trinajstić information content (AvgIpc) is 2.84. The van der Waals surface area contributed by atoms with Gasteiger partial charge in [-0.2, -0.15) is 4.98 Å². The molecule has 0 bridgehead atoms. The lowest BCUT2D eigenvalue weighted by molar-refractivity contribution is 0.326. The van der Waals surface area contributed by atoms with Crippen molar-refractivity contribution in [1.82, 2.24) is 10.1 Å². The summed E-state index contributed by atoms with van der Waals surface area (Å²) < 4.78 is 18.8. The molecule has 1 aliphatic carbocycles. The van der Waals surface area contributed by atoms with Crippen molar-refractivity contribution < 1.29 is 8.91 Å². The quantitative estimate of drug-likeness (QED) is 0.858. The average molecular weight is 289 g/mol. The summed E-state index contributed by atoms with van der Waals surface area (Å²) in [7, 11) is 0. The Bertz CT molecular complexity index is 626. The Labute approximate surface area is 123 Å². The zero-order valence-electron chi connectivity index (χ0n) is 12.2. The molecule has 0 saturated heterocycles. The molecule has 0 spiro atoms. The van der Waals surface area contributed by atoms with E-state index in [1.165, 1.54) is 18.6 Å². The van der Waals surface area contributed by atoms with Crippen LogP contribution in [0, 0.1) is 12.7 Å². The van der Waals surface area contributed by atoms with Crippen molar-refractivity contribution in [3.05, 3.63) is 35.5 Å². The molecule has 2 N–H and O–H groups in total. The highest BCUT2D eigenvalue weighted by molar-refractivity contribution is 5.59. The molecule has 2 unspecified atom stereocenters. The van der Waals surface area contributed by atoms with Crippen molar-refractivity contribution in [2.45, 2.75) is 51.0 Å². The number of benzene rings is 1. The highest BCUT2D eigenvalue weighted by Crippen LogP contribution is 2.31. The predicted molar refractivity (Wildman–Crippen MR) is 78.2 cm³/mol. The standard InChI is InChI=1S/C16H20FN3O/c1-10-7-8-11(17)9-13(10)15-19-16(21-20-15)12-5-3-2-4-6-14(12)18/h7-9,12,14H,2-6,18H2,1H3. The van der Waals surface area contributed by atoms with Gasteiger partial charge in [-0.1, -0.05) is 30.5 Å². The van der Waals surface area contributed by atoms with Crippen molar-refractivity contribution >= 4 is 0 Å². The summed E-state index contributed by atoms with van der Waals surface area (Å²) in [6.45, 7) is 1.90. The van der Waals surface area contributed by atoms with Gasteiger partial charge in [0.15, 0.2) is 0 Å². The number of hydrogen-bond donors (Lipinski definition) is 1. The van der Waals surface area contributed by atoms with Gasteiger partial charge in [-0.3, -0.25) is 0 Å². The fourth-order valence-electron chi connectivity index (χ4n) is 2.97. The molecule has 1 saturated carbocycles. The molecule has 21 heavy (non-hydrogen) atoms. The summed E-state index contributed by atoms with van der Waals surface area (Å²) in [6, 6.07) is 4.66. The lowest BCUT2D eigenvalue weighted by atomic mass is 9.95. The van der Waals surface area contributed by atoms with Crippen molar-refractivity contribution in [1.29, 1.82) is 0 Å². The van der Waals surface area contributed by atoms with Crippen molar-refractivity contribution in [2.24, 2.45) is 5.73 Å². The van der Waals surface area contributed by atoms with E-state index in [0.29, 0.717) is 17.3 Å². The Hall–Kier alpha value is -1.75. The van der Waals surface area contributed by atoms with Gasteiger partial charge in [0.05, 0.1) is 5.92 Å². The van der Waals surface area contributed by atoms with Crippen LogP contribution in [0.4, 0.5) is 4.39 Å². The van der Waals surface area contributed by atoms with E-state index in [4.69, 9.17) is 10.3 Å². The summed E-state index contributed by atoms with van der Waals surface area (Å²) in [5, 5.41) is 4.02. The van der Waals surface area contributed by atoms with Crippen molar-refractivity contribution in [3.63, 3.8) is 0 Å². The van der Waals surface area contributed by atoms with Crippen LogP contribution in [0.3, 0.4) is 0 Å². The van der Waals surface area contributed by atoms with Crippen LogP contribution in [0.1, 0.15) is 49.5 Å².